The first-order chi connectivity index (χ1) is 53.7. The van der Waals surface area contributed by atoms with E-state index in [1.165, 1.54) is 0 Å². The maximum absolute atomic E-state index is 16.7. The molecule has 2 saturated carbocycles. The van der Waals surface area contributed by atoms with Crippen LogP contribution in [0.4, 0.5) is 0 Å². The first-order valence-corrected chi connectivity index (χ1v) is 43.5. The molecule has 0 aromatic heterocycles. The summed E-state index contributed by atoms with van der Waals surface area (Å²) in [4.78, 5) is 99.7. The molecule has 4 amide bonds. The van der Waals surface area contributed by atoms with Crippen molar-refractivity contribution in [3.8, 4) is 46.0 Å². The van der Waals surface area contributed by atoms with Crippen LogP contribution in [-0.4, -0.2) is 130 Å². The Kier molecular flexibility index (Phi) is 24.0. The Morgan fingerprint density at radius 3 is 0.848 bits per heavy atom. The van der Waals surface area contributed by atoms with Crippen molar-refractivity contribution in [2.45, 2.75) is 197 Å². The second-order valence-corrected chi connectivity index (χ2v) is 37.4. The minimum absolute atomic E-state index is 0.0267. The molecule has 20 nitrogen and oxygen atoms in total. The summed E-state index contributed by atoms with van der Waals surface area (Å²) in [7, 11) is 3.38. The molecule has 2 fully saturated rings. The van der Waals surface area contributed by atoms with E-state index in [1.54, 1.807) is 94.6 Å². The molecule has 9 aromatic rings. The van der Waals surface area contributed by atoms with Crippen LogP contribution in [0.15, 0.2) is 97.1 Å². The SMILES string of the molecule is CCc1ccc(Oc2cc3c4c(cc(Oc5ccc(CC)cc5C)c5c6c(Oc7ccc(CC)cc7C)cc7c8c(cc(Oc9ccc(CC)cc9C)c(c2c45)c86)C(=O)N(C(C(=O)OC2CCCC(C[Si](OC)(OC)OC)C2)C(C)C)C7=O)C(=O)N(C(C(=O)OC2CCCC(C[Si](OC)(OC)OC)C2)C(C)C)C3=O)c(C)c1. The van der Waals surface area contributed by atoms with Gasteiger partial charge in [0.2, 0.25) is 0 Å². The fourth-order valence-electron chi connectivity index (χ4n) is 17.6. The van der Waals surface area contributed by atoms with Crippen LogP contribution < -0.4 is 18.9 Å². The van der Waals surface area contributed by atoms with Crippen molar-refractivity contribution in [3.63, 3.8) is 0 Å². The van der Waals surface area contributed by atoms with Gasteiger partial charge in [0.15, 0.2) is 0 Å². The lowest BCUT2D eigenvalue weighted by Gasteiger charge is -2.38. The first kappa shape index (κ1) is 80.9. The molecule has 0 spiro atoms. The highest BCUT2D eigenvalue weighted by Crippen LogP contribution is 2.59. The summed E-state index contributed by atoms with van der Waals surface area (Å²) >= 11 is 0. The number of nitrogens with zero attached hydrogens (tertiary/aromatic N) is 2. The Bertz CT molecular complexity index is 4590. The van der Waals surface area contributed by atoms with Crippen LogP contribution >= 0.6 is 0 Å². The number of imide groups is 2. The average molecular weight is 1560 g/mol. The van der Waals surface area contributed by atoms with Gasteiger partial charge >= 0.3 is 29.5 Å². The highest BCUT2D eigenvalue weighted by atomic mass is 28.4. The number of fused-ring (bicyclic) bond motifs is 2. The zero-order chi connectivity index (χ0) is 80.1. The number of ether oxygens (including phenoxy) is 6. The number of esters is 2. The van der Waals surface area contributed by atoms with E-state index in [0.717, 1.165) is 106 Å². The van der Waals surface area contributed by atoms with Crippen LogP contribution in [0.2, 0.25) is 12.1 Å². The molecule has 2 heterocycles. The van der Waals surface area contributed by atoms with Gasteiger partial charge in [-0.2, -0.15) is 0 Å². The number of benzene rings is 9. The topological polar surface area (TPSA) is 220 Å². The van der Waals surface area contributed by atoms with Crippen LogP contribution in [0.5, 0.6) is 46.0 Å². The summed E-state index contributed by atoms with van der Waals surface area (Å²) in [6, 6.07) is 28.3. The van der Waals surface area contributed by atoms with Gasteiger partial charge in [-0.05, 0) is 209 Å². The van der Waals surface area contributed by atoms with E-state index in [4.69, 9.17) is 55.0 Å². The zero-order valence-corrected chi connectivity index (χ0v) is 70.0. The first-order valence-electron chi connectivity index (χ1n) is 39.7. The molecule has 0 bridgehead atoms. The van der Waals surface area contributed by atoms with E-state index < -0.39 is 89.3 Å². The minimum Gasteiger partial charge on any atom is -0.461 e. The monoisotopic (exact) mass is 1560 g/mol. The quantitative estimate of drug-likeness (QED) is 0.0134. The maximum Gasteiger partial charge on any atom is 0.500 e. The van der Waals surface area contributed by atoms with Gasteiger partial charge in [-0.3, -0.25) is 29.0 Å². The second kappa shape index (κ2) is 33.1. The van der Waals surface area contributed by atoms with E-state index >= 15 is 28.8 Å². The van der Waals surface area contributed by atoms with E-state index in [2.05, 4.69) is 27.7 Å². The minimum atomic E-state index is -3.04. The van der Waals surface area contributed by atoms with E-state index in [9.17, 15) is 0 Å². The number of carbonyl (C=O) groups excluding carboxylic acids is 6. The van der Waals surface area contributed by atoms with Gasteiger partial charge in [0.05, 0.1) is 22.3 Å². The average Bonchev–Trinajstić information content (AvgIpc) is 0.669. The molecule has 592 valence electrons. The van der Waals surface area contributed by atoms with Crippen molar-refractivity contribution in [3.05, 3.63) is 164 Å². The highest BCUT2D eigenvalue weighted by Gasteiger charge is 2.50. The van der Waals surface area contributed by atoms with Crippen molar-refractivity contribution < 1.29 is 83.7 Å². The molecule has 13 rings (SSSR count). The predicted molar refractivity (Wildman–Crippen MR) is 435 cm³/mol. The van der Waals surface area contributed by atoms with Gasteiger partial charge in [-0.15, -0.1) is 0 Å². The normalized spacial score (nSPS) is 18.1. The Balaban J connectivity index is 1.12. The molecular formula is C90H106N2O18Si2. The van der Waals surface area contributed by atoms with Gasteiger partial charge in [-0.25, -0.2) is 9.59 Å². The van der Waals surface area contributed by atoms with Crippen molar-refractivity contribution in [1.29, 1.82) is 0 Å². The molecule has 6 unspecified atom stereocenters. The predicted octanol–water partition coefficient (Wildman–Crippen LogP) is 19.6. The van der Waals surface area contributed by atoms with Crippen LogP contribution in [-0.2, 0) is 71.3 Å². The molecule has 6 atom stereocenters. The summed E-state index contributed by atoms with van der Waals surface area (Å²) < 4.78 is 78.1. The summed E-state index contributed by atoms with van der Waals surface area (Å²) in [6.45, 7) is 23.2. The molecular weight excluding hydrogens is 1450 g/mol. The third-order valence-corrected chi connectivity index (χ3v) is 29.6. The number of hydrogen-bond donors (Lipinski definition) is 0. The van der Waals surface area contributed by atoms with Crippen LogP contribution in [0.1, 0.15) is 193 Å². The Labute approximate surface area is 658 Å². The van der Waals surface area contributed by atoms with Crippen LogP contribution in [0.25, 0.3) is 43.1 Å². The standard InChI is InChI=1S/C90H106N2O18Si2/c1-19-55-29-33-67(51(9)37-55)107-71-43-63-75-64(86(94)91(85(63)93)83(49(5)6)89(97)105-61-27-23-25-59(41-61)47-111(99-13,100-14)101-15)45-73(109-69-35-31-57(21-3)39-53(69)11)79-80-74(110-70-36-32-58(22-4)40-54(70)12)46-66-76-65(44-72(78(82(76)80)77(71)81(75)79)108-68-34-30-56(20-2)38-52(68)10)87(95)92(88(66)96)84(50(7)8)90(98)106-62-28-24-26-60(42-62)48-112(102-16,103-17)104-18/h29-40,43-46,49-50,59-62,83-84H,19-28,41-42,47-48H2,1-18H3. The van der Waals surface area contributed by atoms with Gasteiger partial charge in [-0.1, -0.05) is 117 Å². The molecule has 2 aliphatic heterocycles. The lowest BCUT2D eigenvalue weighted by molar-refractivity contribution is -0.158. The highest BCUT2D eigenvalue weighted by molar-refractivity contribution is 6.61. The number of hydrogen-bond acceptors (Lipinski definition) is 18. The lowest BCUT2D eigenvalue weighted by Crippen LogP contribution is -2.54. The van der Waals surface area contributed by atoms with Crippen LogP contribution in [0, 0.1) is 51.4 Å². The number of amides is 4. The van der Waals surface area contributed by atoms with Gasteiger partial charge in [0.1, 0.15) is 70.3 Å². The Morgan fingerprint density at radius 1 is 0.366 bits per heavy atom. The van der Waals surface area contributed by atoms with Crippen LogP contribution in [0.3, 0.4) is 0 Å². The number of carbonyl (C=O) groups is 6. The van der Waals surface area contributed by atoms with E-state index in [1.807, 2.05) is 100 Å². The molecule has 4 aliphatic rings. The largest absolute Gasteiger partial charge is 0.500 e. The molecule has 0 radical (unpaired) electrons. The Morgan fingerprint density at radius 2 is 0.625 bits per heavy atom. The molecule has 0 saturated heterocycles. The van der Waals surface area contributed by atoms with Gasteiger partial charge < -0.3 is 55.0 Å². The molecule has 9 aromatic carbocycles. The third-order valence-electron chi connectivity index (χ3n) is 23.7. The molecule has 112 heavy (non-hydrogen) atoms. The van der Waals surface area contributed by atoms with Gasteiger partial charge in [0.25, 0.3) is 23.6 Å². The zero-order valence-electron chi connectivity index (χ0n) is 68.0. The van der Waals surface area contributed by atoms with E-state index in [-0.39, 0.29) is 67.9 Å². The van der Waals surface area contributed by atoms with Gasteiger partial charge in [0, 0.05) is 97.8 Å². The van der Waals surface area contributed by atoms with Crippen molar-refractivity contribution in [1.82, 2.24) is 9.80 Å². The molecule has 2 aliphatic carbocycles. The number of aryl methyl sites for hydroxylation is 8. The summed E-state index contributed by atoms with van der Waals surface area (Å²) in [5, 5.41) is 2.34. The maximum atomic E-state index is 16.7. The van der Waals surface area contributed by atoms with Crippen molar-refractivity contribution in [2.75, 3.05) is 42.7 Å². The second-order valence-electron chi connectivity index (χ2n) is 31.4. The summed E-state index contributed by atoms with van der Waals surface area (Å²) in [5.41, 5.74) is 7.36. The lowest BCUT2D eigenvalue weighted by atomic mass is 9.80. The summed E-state index contributed by atoms with van der Waals surface area (Å²) in [6.07, 6.45) is 7.01. The fourth-order valence-corrected chi connectivity index (χ4v) is 21.8. The van der Waals surface area contributed by atoms with Crippen molar-refractivity contribution in [2.24, 2.45) is 23.7 Å². The summed E-state index contributed by atoms with van der Waals surface area (Å²) in [5.74, 6) is -3.69. The smallest absolute Gasteiger partial charge is 0.461 e. The van der Waals surface area contributed by atoms with Crippen molar-refractivity contribution >= 4 is 96.3 Å². The van der Waals surface area contributed by atoms with E-state index in [0.29, 0.717) is 93.1 Å². The fraction of sp³-hybridized carbons (Fsp3) is 0.444. The number of rotatable bonds is 30. The third kappa shape index (κ3) is 15.0. The Hall–Kier alpha value is -9.11. The molecule has 22 heteroatoms. The molecule has 0 N–H and O–H groups in total.